The van der Waals surface area contributed by atoms with Crippen LogP contribution in [-0.2, 0) is 9.53 Å². The molecule has 0 unspecified atom stereocenters. The number of nitrogens with zero attached hydrogens (tertiary/aromatic N) is 1. The van der Waals surface area contributed by atoms with E-state index in [0.717, 1.165) is 30.5 Å². The van der Waals surface area contributed by atoms with Crippen molar-refractivity contribution >= 4 is 11.5 Å². The van der Waals surface area contributed by atoms with Crippen molar-refractivity contribution in [2.24, 2.45) is 0 Å². The van der Waals surface area contributed by atoms with Gasteiger partial charge in [-0.25, -0.2) is 4.79 Å². The SMILES string of the molecule is C=CCOC(=O)[C@@H]1CCCN1/C=C(\C)c1ccccc1O. The highest BCUT2D eigenvalue weighted by Gasteiger charge is 2.30. The van der Waals surface area contributed by atoms with Crippen LogP contribution in [0.25, 0.3) is 5.57 Å². The summed E-state index contributed by atoms with van der Waals surface area (Å²) in [7, 11) is 0. The predicted molar refractivity (Wildman–Crippen MR) is 82.6 cm³/mol. The molecule has 1 fully saturated rings. The number of allylic oxidation sites excluding steroid dienone is 1. The van der Waals surface area contributed by atoms with Gasteiger partial charge in [0.25, 0.3) is 0 Å². The average Bonchev–Trinajstić information content (AvgIpc) is 2.93. The highest BCUT2D eigenvalue weighted by atomic mass is 16.5. The lowest BCUT2D eigenvalue weighted by molar-refractivity contribution is -0.146. The number of carbonyl (C=O) groups excluding carboxylic acids is 1. The molecule has 21 heavy (non-hydrogen) atoms. The Morgan fingerprint density at radius 3 is 3.00 bits per heavy atom. The minimum atomic E-state index is -0.245. The summed E-state index contributed by atoms with van der Waals surface area (Å²) in [6.07, 6.45) is 5.25. The van der Waals surface area contributed by atoms with E-state index < -0.39 is 0 Å². The molecule has 0 radical (unpaired) electrons. The summed E-state index contributed by atoms with van der Waals surface area (Å²) in [6, 6.07) is 6.95. The Balaban J connectivity index is 2.13. The number of hydrogen-bond donors (Lipinski definition) is 1. The molecule has 1 saturated heterocycles. The van der Waals surface area contributed by atoms with E-state index in [9.17, 15) is 9.90 Å². The van der Waals surface area contributed by atoms with E-state index in [-0.39, 0.29) is 24.4 Å². The van der Waals surface area contributed by atoms with Gasteiger partial charge in [-0.2, -0.15) is 0 Å². The second kappa shape index (κ2) is 6.97. The van der Waals surface area contributed by atoms with Crippen molar-refractivity contribution < 1.29 is 14.6 Å². The number of para-hydroxylation sites is 1. The summed E-state index contributed by atoms with van der Waals surface area (Å²) < 4.78 is 5.14. The maximum Gasteiger partial charge on any atom is 0.329 e. The second-order valence-electron chi connectivity index (χ2n) is 5.14. The van der Waals surface area contributed by atoms with Crippen LogP contribution in [0.3, 0.4) is 0 Å². The van der Waals surface area contributed by atoms with Crippen molar-refractivity contribution in [1.29, 1.82) is 0 Å². The Kier molecular flexibility index (Phi) is 5.04. The number of aromatic hydroxyl groups is 1. The zero-order chi connectivity index (χ0) is 15.2. The van der Waals surface area contributed by atoms with Gasteiger partial charge in [-0.15, -0.1) is 0 Å². The molecule has 1 aliphatic heterocycles. The van der Waals surface area contributed by atoms with Crippen molar-refractivity contribution in [3.8, 4) is 5.75 Å². The molecule has 1 heterocycles. The third kappa shape index (κ3) is 3.66. The molecular formula is C17H21NO3. The summed E-state index contributed by atoms with van der Waals surface area (Å²) >= 11 is 0. The molecule has 0 bridgehead atoms. The molecule has 4 nitrogen and oxygen atoms in total. The van der Waals surface area contributed by atoms with Gasteiger partial charge in [0, 0.05) is 18.3 Å². The Morgan fingerprint density at radius 1 is 1.52 bits per heavy atom. The Bertz CT molecular complexity index is 551. The molecule has 1 aliphatic rings. The molecule has 0 spiro atoms. The number of likely N-dealkylation sites (tertiary alicyclic amines) is 1. The summed E-state index contributed by atoms with van der Waals surface area (Å²) in [6.45, 7) is 6.54. The van der Waals surface area contributed by atoms with Crippen LogP contribution in [0.4, 0.5) is 0 Å². The highest BCUT2D eigenvalue weighted by Crippen LogP contribution is 2.27. The van der Waals surface area contributed by atoms with Crippen molar-refractivity contribution in [2.75, 3.05) is 13.2 Å². The van der Waals surface area contributed by atoms with Crippen LogP contribution >= 0.6 is 0 Å². The zero-order valence-electron chi connectivity index (χ0n) is 12.3. The molecular weight excluding hydrogens is 266 g/mol. The van der Waals surface area contributed by atoms with Crippen molar-refractivity contribution in [2.45, 2.75) is 25.8 Å². The molecule has 0 saturated carbocycles. The fraction of sp³-hybridized carbons (Fsp3) is 0.353. The molecule has 4 heteroatoms. The molecule has 2 rings (SSSR count). The fourth-order valence-corrected chi connectivity index (χ4v) is 2.56. The van der Waals surface area contributed by atoms with Gasteiger partial charge in [-0.05, 0) is 31.4 Å². The number of phenolic OH excluding ortho intramolecular Hbond substituents is 1. The largest absolute Gasteiger partial charge is 0.507 e. The molecule has 1 aromatic carbocycles. The van der Waals surface area contributed by atoms with Crippen LogP contribution in [0, 0.1) is 0 Å². The lowest BCUT2D eigenvalue weighted by Crippen LogP contribution is -2.33. The first-order chi connectivity index (χ1) is 10.1. The first-order valence-electron chi connectivity index (χ1n) is 7.13. The minimum absolute atomic E-state index is 0.214. The zero-order valence-corrected chi connectivity index (χ0v) is 12.3. The minimum Gasteiger partial charge on any atom is -0.507 e. The predicted octanol–water partition coefficient (Wildman–Crippen LogP) is 2.95. The number of benzene rings is 1. The Labute approximate surface area is 125 Å². The first kappa shape index (κ1) is 15.2. The third-order valence-electron chi connectivity index (χ3n) is 3.60. The first-order valence-corrected chi connectivity index (χ1v) is 7.13. The quantitative estimate of drug-likeness (QED) is 0.668. The topological polar surface area (TPSA) is 49.8 Å². The van der Waals surface area contributed by atoms with E-state index in [0.29, 0.717) is 0 Å². The smallest absolute Gasteiger partial charge is 0.329 e. The standard InChI is InChI=1S/C17H21NO3/c1-3-11-21-17(20)15-8-6-10-18(15)12-13(2)14-7-4-5-9-16(14)19/h3-5,7,9,12,15,19H,1,6,8,10-11H2,2H3/b13-12+/t15-/m0/s1. The lowest BCUT2D eigenvalue weighted by atomic mass is 10.1. The monoisotopic (exact) mass is 287 g/mol. The summed E-state index contributed by atoms with van der Waals surface area (Å²) in [5.74, 6) is 0.0324. The molecule has 0 aliphatic carbocycles. The van der Waals surface area contributed by atoms with Gasteiger partial charge in [0.1, 0.15) is 18.4 Å². The van der Waals surface area contributed by atoms with E-state index in [4.69, 9.17) is 4.74 Å². The summed E-state index contributed by atoms with van der Waals surface area (Å²) in [5.41, 5.74) is 1.71. The average molecular weight is 287 g/mol. The molecule has 1 atom stereocenters. The van der Waals surface area contributed by atoms with Gasteiger partial charge in [0.05, 0.1) is 0 Å². The van der Waals surface area contributed by atoms with Crippen molar-refractivity contribution in [3.05, 3.63) is 48.7 Å². The fourth-order valence-electron chi connectivity index (χ4n) is 2.56. The van der Waals surface area contributed by atoms with Crippen molar-refractivity contribution in [3.63, 3.8) is 0 Å². The maximum atomic E-state index is 12.0. The van der Waals surface area contributed by atoms with Crippen LogP contribution in [0.15, 0.2) is 43.1 Å². The number of phenols is 1. The number of hydrogen-bond acceptors (Lipinski definition) is 4. The van der Waals surface area contributed by atoms with Crippen LogP contribution < -0.4 is 0 Å². The number of carbonyl (C=O) groups is 1. The van der Waals surface area contributed by atoms with Crippen LogP contribution in [0.2, 0.25) is 0 Å². The molecule has 0 amide bonds. The molecule has 112 valence electrons. The van der Waals surface area contributed by atoms with E-state index in [1.807, 2.05) is 30.2 Å². The van der Waals surface area contributed by atoms with E-state index in [1.165, 1.54) is 0 Å². The summed E-state index contributed by atoms with van der Waals surface area (Å²) in [4.78, 5) is 14.0. The van der Waals surface area contributed by atoms with E-state index in [1.54, 1.807) is 18.2 Å². The van der Waals surface area contributed by atoms with E-state index in [2.05, 4.69) is 6.58 Å². The highest BCUT2D eigenvalue weighted by molar-refractivity contribution is 5.77. The Hall–Kier alpha value is -2.23. The molecule has 1 aromatic rings. The van der Waals surface area contributed by atoms with Crippen molar-refractivity contribution in [1.82, 2.24) is 4.90 Å². The number of esters is 1. The normalized spacial score (nSPS) is 18.6. The third-order valence-corrected chi connectivity index (χ3v) is 3.60. The van der Waals surface area contributed by atoms with Crippen LogP contribution in [0.5, 0.6) is 5.75 Å². The van der Waals surface area contributed by atoms with Crippen LogP contribution in [-0.4, -0.2) is 35.2 Å². The maximum absolute atomic E-state index is 12.0. The van der Waals surface area contributed by atoms with Gasteiger partial charge in [0.15, 0.2) is 0 Å². The molecule has 1 N–H and O–H groups in total. The number of ether oxygens (including phenoxy) is 1. The molecule has 0 aromatic heterocycles. The van der Waals surface area contributed by atoms with Gasteiger partial charge in [-0.1, -0.05) is 30.9 Å². The van der Waals surface area contributed by atoms with Gasteiger partial charge < -0.3 is 14.7 Å². The Morgan fingerprint density at radius 2 is 2.29 bits per heavy atom. The van der Waals surface area contributed by atoms with Gasteiger partial charge in [0.2, 0.25) is 0 Å². The second-order valence-corrected chi connectivity index (χ2v) is 5.14. The van der Waals surface area contributed by atoms with Gasteiger partial charge >= 0.3 is 5.97 Å². The lowest BCUT2D eigenvalue weighted by Gasteiger charge is -2.22. The van der Waals surface area contributed by atoms with E-state index >= 15 is 0 Å². The number of rotatable bonds is 5. The summed E-state index contributed by atoms with van der Waals surface area (Å²) in [5, 5.41) is 9.88. The van der Waals surface area contributed by atoms with Crippen LogP contribution in [0.1, 0.15) is 25.3 Å². The van der Waals surface area contributed by atoms with Gasteiger partial charge in [-0.3, -0.25) is 0 Å².